The third-order valence-electron chi connectivity index (χ3n) is 3.68. The van der Waals surface area contributed by atoms with E-state index >= 15 is 0 Å². The summed E-state index contributed by atoms with van der Waals surface area (Å²) < 4.78 is 18.9. The summed E-state index contributed by atoms with van der Waals surface area (Å²) in [6, 6.07) is 11.9. The molecule has 0 saturated heterocycles. The first kappa shape index (κ1) is 19.4. The first-order valence-corrected chi connectivity index (χ1v) is 8.86. The Bertz CT molecular complexity index is 1010. The molecule has 6 nitrogen and oxygen atoms in total. The van der Waals surface area contributed by atoms with Crippen LogP contribution in [0, 0.1) is 11.0 Å². The number of carbonyl (C=O) groups excluding carboxylic acids is 2. The van der Waals surface area contributed by atoms with E-state index in [1.165, 1.54) is 47.7 Å². The maximum atomic E-state index is 13.6. The van der Waals surface area contributed by atoms with Crippen molar-refractivity contribution in [2.24, 2.45) is 0 Å². The average Bonchev–Trinajstić information content (AvgIpc) is 3.21. The predicted octanol–water partition coefficient (Wildman–Crippen LogP) is 4.70. The van der Waals surface area contributed by atoms with Crippen molar-refractivity contribution in [2.75, 3.05) is 5.23 Å². The lowest BCUT2D eigenvalue weighted by atomic mass is 10.1. The SMILES string of the molecule is O=C(Oc1ccc(F)cc1C(=O)C=Cc1cccs1)c1ccc(N([O-])O)cc1. The summed E-state index contributed by atoms with van der Waals surface area (Å²) >= 11 is 1.44. The number of rotatable bonds is 6. The van der Waals surface area contributed by atoms with E-state index in [1.54, 1.807) is 6.08 Å². The van der Waals surface area contributed by atoms with E-state index in [4.69, 9.17) is 9.94 Å². The van der Waals surface area contributed by atoms with Crippen molar-refractivity contribution in [3.05, 3.63) is 93.1 Å². The zero-order chi connectivity index (χ0) is 20.1. The number of ether oxygens (including phenoxy) is 1. The second-order valence-corrected chi connectivity index (χ2v) is 6.54. The van der Waals surface area contributed by atoms with Gasteiger partial charge in [0.1, 0.15) is 11.6 Å². The van der Waals surface area contributed by atoms with Crippen LogP contribution in [-0.2, 0) is 0 Å². The molecular formula is C20H13FNO5S-. The van der Waals surface area contributed by atoms with Crippen LogP contribution in [0.5, 0.6) is 5.75 Å². The Kier molecular flexibility index (Phi) is 5.95. The summed E-state index contributed by atoms with van der Waals surface area (Å²) in [5, 5.41) is 21.1. The third-order valence-corrected chi connectivity index (χ3v) is 4.51. The number of hydrogen-bond donors (Lipinski definition) is 1. The number of halogens is 1. The summed E-state index contributed by atoms with van der Waals surface area (Å²) in [6.45, 7) is 0. The van der Waals surface area contributed by atoms with Crippen LogP contribution in [0.4, 0.5) is 10.1 Å². The second-order valence-electron chi connectivity index (χ2n) is 5.56. The lowest BCUT2D eigenvalue weighted by Crippen LogP contribution is -2.12. The lowest BCUT2D eigenvalue weighted by Gasteiger charge is -2.21. The molecule has 0 atom stereocenters. The minimum Gasteiger partial charge on any atom is -0.733 e. The van der Waals surface area contributed by atoms with Gasteiger partial charge in [-0.15, -0.1) is 11.3 Å². The van der Waals surface area contributed by atoms with Crippen LogP contribution in [0.3, 0.4) is 0 Å². The number of thiophene rings is 1. The number of carbonyl (C=O) groups is 2. The summed E-state index contributed by atoms with van der Waals surface area (Å²) in [5.74, 6) is -2.06. The molecule has 142 valence electrons. The number of ketones is 1. The van der Waals surface area contributed by atoms with Crippen molar-refractivity contribution in [3.8, 4) is 5.75 Å². The van der Waals surface area contributed by atoms with Crippen molar-refractivity contribution in [1.29, 1.82) is 0 Å². The topological polar surface area (TPSA) is 89.9 Å². The molecule has 0 bridgehead atoms. The normalized spacial score (nSPS) is 10.8. The van der Waals surface area contributed by atoms with Gasteiger partial charge in [-0.3, -0.25) is 10.0 Å². The van der Waals surface area contributed by atoms with Crippen molar-refractivity contribution >= 4 is 34.9 Å². The summed E-state index contributed by atoms with van der Waals surface area (Å²) in [7, 11) is 0. The Hall–Kier alpha value is -3.33. The highest BCUT2D eigenvalue weighted by Gasteiger charge is 2.16. The standard InChI is InChI=1S/C20H13FNO5S/c21-14-5-10-19(17(12-14)18(23)9-8-16-2-1-11-28-16)27-20(24)13-3-6-15(7-4-13)22(25)26/h1-12,25H/q-1. The number of nitrogens with zero attached hydrogens (tertiary/aromatic N) is 1. The largest absolute Gasteiger partial charge is 0.733 e. The fourth-order valence-corrected chi connectivity index (χ4v) is 2.92. The van der Waals surface area contributed by atoms with Crippen molar-refractivity contribution in [2.45, 2.75) is 0 Å². The molecule has 0 amide bonds. The number of anilines is 1. The van der Waals surface area contributed by atoms with Crippen LogP contribution in [0.25, 0.3) is 6.08 Å². The molecule has 1 heterocycles. The fraction of sp³-hybridized carbons (Fsp3) is 0. The van der Waals surface area contributed by atoms with Gasteiger partial charge in [-0.05, 0) is 66.1 Å². The van der Waals surface area contributed by atoms with Crippen LogP contribution >= 0.6 is 11.3 Å². The number of allylic oxidation sites excluding steroid dienone is 1. The minimum absolute atomic E-state index is 0.0621. The molecule has 0 aliphatic carbocycles. The molecule has 8 heteroatoms. The highest BCUT2D eigenvalue weighted by Crippen LogP contribution is 2.23. The maximum Gasteiger partial charge on any atom is 0.343 e. The second kappa shape index (κ2) is 8.57. The maximum absolute atomic E-state index is 13.6. The van der Waals surface area contributed by atoms with Crippen molar-refractivity contribution < 1.29 is 23.9 Å². The molecule has 2 aromatic carbocycles. The van der Waals surface area contributed by atoms with Crippen LogP contribution in [0.2, 0.25) is 0 Å². The third kappa shape index (κ3) is 4.68. The van der Waals surface area contributed by atoms with Crippen molar-refractivity contribution in [3.63, 3.8) is 0 Å². The first-order chi connectivity index (χ1) is 13.4. The van der Waals surface area contributed by atoms with E-state index in [9.17, 15) is 19.2 Å². The molecule has 3 rings (SSSR count). The van der Waals surface area contributed by atoms with Gasteiger partial charge in [0.25, 0.3) is 0 Å². The molecule has 28 heavy (non-hydrogen) atoms. The van der Waals surface area contributed by atoms with Gasteiger partial charge in [-0.25, -0.2) is 9.18 Å². The van der Waals surface area contributed by atoms with Gasteiger partial charge in [-0.1, -0.05) is 6.07 Å². The van der Waals surface area contributed by atoms with Gasteiger partial charge in [0.05, 0.1) is 16.8 Å². The quantitative estimate of drug-likeness (QED) is 0.213. The summed E-state index contributed by atoms with van der Waals surface area (Å²) in [5.41, 5.74) is -0.0748. The first-order valence-electron chi connectivity index (χ1n) is 7.98. The Morgan fingerprint density at radius 3 is 2.54 bits per heavy atom. The molecule has 3 aromatic rings. The monoisotopic (exact) mass is 398 g/mol. The Balaban J connectivity index is 1.81. The Morgan fingerprint density at radius 2 is 1.89 bits per heavy atom. The van der Waals surface area contributed by atoms with Gasteiger partial charge >= 0.3 is 5.97 Å². The van der Waals surface area contributed by atoms with Gasteiger partial charge < -0.3 is 15.2 Å². The van der Waals surface area contributed by atoms with E-state index in [1.807, 2.05) is 17.5 Å². The molecule has 0 aliphatic rings. The van der Waals surface area contributed by atoms with Crippen LogP contribution in [0.15, 0.2) is 66.1 Å². The molecule has 0 fully saturated rings. The number of benzene rings is 2. The van der Waals surface area contributed by atoms with E-state index in [0.717, 1.165) is 17.0 Å². The van der Waals surface area contributed by atoms with E-state index < -0.39 is 17.6 Å². The Morgan fingerprint density at radius 1 is 1.14 bits per heavy atom. The molecular weight excluding hydrogens is 385 g/mol. The van der Waals surface area contributed by atoms with Crippen LogP contribution in [-0.4, -0.2) is 17.0 Å². The Labute approximate surface area is 163 Å². The van der Waals surface area contributed by atoms with Gasteiger partial charge in [0.15, 0.2) is 5.78 Å². The number of esters is 1. The summed E-state index contributed by atoms with van der Waals surface area (Å²) in [6.07, 6.45) is 2.86. The van der Waals surface area contributed by atoms with Crippen LogP contribution in [0.1, 0.15) is 25.6 Å². The average molecular weight is 398 g/mol. The molecule has 0 saturated carbocycles. The van der Waals surface area contributed by atoms with Crippen LogP contribution < -0.4 is 9.96 Å². The van der Waals surface area contributed by atoms with Gasteiger partial charge in [0, 0.05) is 4.88 Å². The summed E-state index contributed by atoms with van der Waals surface area (Å²) in [4.78, 5) is 25.6. The molecule has 0 spiro atoms. The van der Waals surface area contributed by atoms with Gasteiger partial charge in [-0.2, -0.15) is 0 Å². The fourth-order valence-electron chi connectivity index (χ4n) is 2.30. The van der Waals surface area contributed by atoms with Gasteiger partial charge in [0.2, 0.25) is 0 Å². The van der Waals surface area contributed by atoms with E-state index in [0.29, 0.717) is 0 Å². The van der Waals surface area contributed by atoms with E-state index in [-0.39, 0.29) is 27.8 Å². The highest BCUT2D eigenvalue weighted by molar-refractivity contribution is 7.10. The minimum atomic E-state index is -0.801. The smallest absolute Gasteiger partial charge is 0.343 e. The highest BCUT2D eigenvalue weighted by atomic mass is 32.1. The lowest BCUT2D eigenvalue weighted by molar-refractivity contribution is 0.0733. The molecule has 1 aromatic heterocycles. The zero-order valence-corrected chi connectivity index (χ0v) is 15.1. The molecule has 0 radical (unpaired) electrons. The van der Waals surface area contributed by atoms with Crippen molar-refractivity contribution in [1.82, 2.24) is 0 Å². The predicted molar refractivity (Wildman–Crippen MR) is 103 cm³/mol. The van der Waals surface area contributed by atoms with E-state index in [2.05, 4.69) is 0 Å². The molecule has 0 aliphatic heterocycles. The zero-order valence-electron chi connectivity index (χ0n) is 14.2. The number of hydrogen-bond acceptors (Lipinski definition) is 7. The molecule has 0 unspecified atom stereocenters. The molecule has 1 N–H and O–H groups in total.